The predicted molar refractivity (Wildman–Crippen MR) is 98.4 cm³/mol. The van der Waals surface area contributed by atoms with E-state index in [2.05, 4.69) is 0 Å². The molecule has 3 rings (SSSR count). The van der Waals surface area contributed by atoms with E-state index in [9.17, 15) is 19.1 Å². The molecule has 7 heteroatoms. The molecule has 27 heavy (non-hydrogen) atoms. The van der Waals surface area contributed by atoms with Gasteiger partial charge in [0.05, 0.1) is 5.92 Å². The van der Waals surface area contributed by atoms with Gasteiger partial charge < -0.3 is 14.7 Å². The Hall–Kier alpha value is -2.60. The molecule has 5 nitrogen and oxygen atoms in total. The topological polar surface area (TPSA) is 66.8 Å². The molecule has 1 saturated heterocycles. The highest BCUT2D eigenvalue weighted by Gasteiger charge is 2.41. The molecule has 142 valence electrons. The zero-order valence-corrected chi connectivity index (χ0v) is 15.4. The second-order valence-corrected chi connectivity index (χ2v) is 6.97. The Morgan fingerprint density at radius 1 is 1.19 bits per heavy atom. The molecule has 1 aliphatic rings. The summed E-state index contributed by atoms with van der Waals surface area (Å²) in [7, 11) is 0. The zero-order chi connectivity index (χ0) is 19.6. The van der Waals surface area contributed by atoms with Crippen molar-refractivity contribution in [2.24, 2.45) is 5.92 Å². The molecule has 0 saturated carbocycles. The fourth-order valence-corrected chi connectivity index (χ4v) is 3.45. The van der Waals surface area contributed by atoms with E-state index in [-0.39, 0.29) is 30.7 Å². The largest absolute Gasteiger partial charge is 0.481 e. The number of carboxylic acid groups (broad SMARTS) is 1. The van der Waals surface area contributed by atoms with Crippen LogP contribution in [0.15, 0.2) is 48.5 Å². The van der Waals surface area contributed by atoms with Gasteiger partial charge in [0, 0.05) is 24.0 Å². The van der Waals surface area contributed by atoms with E-state index < -0.39 is 23.8 Å². The summed E-state index contributed by atoms with van der Waals surface area (Å²) >= 11 is 5.90. The van der Waals surface area contributed by atoms with Crippen molar-refractivity contribution in [3.63, 3.8) is 0 Å². The fourth-order valence-electron chi connectivity index (χ4n) is 3.32. The summed E-state index contributed by atoms with van der Waals surface area (Å²) in [5, 5.41) is 10.1. The monoisotopic (exact) mass is 391 g/mol. The molecule has 1 amide bonds. The minimum atomic E-state index is -0.965. The number of nitrogens with zero attached hydrogens (tertiary/aromatic N) is 1. The molecule has 0 radical (unpaired) electrons. The average molecular weight is 392 g/mol. The number of aliphatic carboxylic acids is 1. The van der Waals surface area contributed by atoms with Crippen LogP contribution in [0.5, 0.6) is 5.75 Å². The van der Waals surface area contributed by atoms with Gasteiger partial charge in [0.25, 0.3) is 5.91 Å². The lowest BCUT2D eigenvalue weighted by molar-refractivity contribution is -0.142. The molecule has 1 aliphatic heterocycles. The first-order valence-corrected chi connectivity index (χ1v) is 8.93. The van der Waals surface area contributed by atoms with Gasteiger partial charge in [-0.25, -0.2) is 4.39 Å². The third-order valence-electron chi connectivity index (χ3n) is 4.74. The number of para-hydroxylation sites is 1. The molecule has 0 aliphatic carbocycles. The predicted octanol–water partition coefficient (Wildman–Crippen LogP) is 3.57. The van der Waals surface area contributed by atoms with Gasteiger partial charge >= 0.3 is 5.97 Å². The number of carboxylic acids is 1. The van der Waals surface area contributed by atoms with E-state index in [0.717, 1.165) is 5.56 Å². The lowest BCUT2D eigenvalue weighted by Gasteiger charge is -2.22. The van der Waals surface area contributed by atoms with Crippen LogP contribution in [0.25, 0.3) is 0 Å². The van der Waals surface area contributed by atoms with Gasteiger partial charge in [0.1, 0.15) is 0 Å². The van der Waals surface area contributed by atoms with E-state index in [1.165, 1.54) is 30.0 Å². The molecule has 2 aromatic rings. The number of halogens is 2. The van der Waals surface area contributed by atoms with Gasteiger partial charge in [-0.15, -0.1) is 0 Å². The number of carbonyl (C=O) groups is 2. The van der Waals surface area contributed by atoms with Gasteiger partial charge in [0.2, 0.25) is 0 Å². The summed E-state index contributed by atoms with van der Waals surface area (Å²) in [6.45, 7) is 1.86. The van der Waals surface area contributed by atoms with E-state index >= 15 is 0 Å². The van der Waals surface area contributed by atoms with Gasteiger partial charge in [-0.05, 0) is 36.8 Å². The number of benzene rings is 2. The minimum Gasteiger partial charge on any atom is -0.481 e. The fraction of sp³-hybridized carbons (Fsp3) is 0.300. The van der Waals surface area contributed by atoms with Crippen molar-refractivity contribution >= 4 is 23.5 Å². The number of rotatable bonds is 5. The maximum absolute atomic E-state index is 13.7. The van der Waals surface area contributed by atoms with Crippen molar-refractivity contribution in [1.29, 1.82) is 0 Å². The smallest absolute Gasteiger partial charge is 0.308 e. The molecule has 0 spiro atoms. The highest BCUT2D eigenvalue weighted by molar-refractivity contribution is 6.30. The zero-order valence-electron chi connectivity index (χ0n) is 14.6. The summed E-state index contributed by atoms with van der Waals surface area (Å²) in [4.78, 5) is 25.9. The number of amides is 1. The van der Waals surface area contributed by atoms with Crippen molar-refractivity contribution in [3.05, 3.63) is 64.9 Å². The van der Waals surface area contributed by atoms with E-state index in [4.69, 9.17) is 16.3 Å². The summed E-state index contributed by atoms with van der Waals surface area (Å²) in [6, 6.07) is 12.8. The Morgan fingerprint density at radius 3 is 2.48 bits per heavy atom. The molecule has 1 unspecified atom stereocenters. The van der Waals surface area contributed by atoms with Crippen LogP contribution in [0.3, 0.4) is 0 Å². The Balaban J connectivity index is 1.74. The Morgan fingerprint density at radius 2 is 1.85 bits per heavy atom. The normalized spacial score (nSPS) is 20.3. The van der Waals surface area contributed by atoms with Crippen LogP contribution in [0.1, 0.15) is 18.4 Å². The van der Waals surface area contributed by atoms with Crippen LogP contribution in [-0.4, -0.2) is 41.1 Å². The lowest BCUT2D eigenvalue weighted by Crippen LogP contribution is -2.39. The summed E-state index contributed by atoms with van der Waals surface area (Å²) in [5.41, 5.74) is 0.810. The highest BCUT2D eigenvalue weighted by atomic mass is 35.5. The van der Waals surface area contributed by atoms with Crippen molar-refractivity contribution in [3.8, 4) is 5.75 Å². The van der Waals surface area contributed by atoms with Crippen molar-refractivity contribution in [2.75, 3.05) is 13.1 Å². The number of ether oxygens (including phenoxy) is 1. The van der Waals surface area contributed by atoms with E-state index in [0.29, 0.717) is 5.02 Å². The second kappa shape index (κ2) is 7.96. The number of carbonyl (C=O) groups excluding carboxylic acids is 1. The van der Waals surface area contributed by atoms with Crippen LogP contribution in [0.4, 0.5) is 4.39 Å². The van der Waals surface area contributed by atoms with Gasteiger partial charge in [-0.1, -0.05) is 35.9 Å². The molecular weight excluding hydrogens is 373 g/mol. The first-order valence-electron chi connectivity index (χ1n) is 8.55. The maximum Gasteiger partial charge on any atom is 0.308 e. The summed E-state index contributed by atoms with van der Waals surface area (Å²) in [6.07, 6.45) is -0.930. The van der Waals surface area contributed by atoms with Gasteiger partial charge in [-0.3, -0.25) is 9.59 Å². The lowest BCUT2D eigenvalue weighted by atomic mass is 9.89. The summed E-state index contributed by atoms with van der Waals surface area (Å²) < 4.78 is 19.2. The third-order valence-corrected chi connectivity index (χ3v) is 4.99. The molecule has 1 heterocycles. The molecular formula is C20H19ClFNO4. The quantitative estimate of drug-likeness (QED) is 0.846. The first kappa shape index (κ1) is 19.2. The van der Waals surface area contributed by atoms with Crippen molar-refractivity contribution in [2.45, 2.75) is 18.9 Å². The molecule has 2 aromatic carbocycles. The van der Waals surface area contributed by atoms with E-state index in [1.54, 1.807) is 30.3 Å². The number of hydrogen-bond donors (Lipinski definition) is 1. The van der Waals surface area contributed by atoms with Crippen LogP contribution in [0, 0.1) is 11.7 Å². The van der Waals surface area contributed by atoms with Crippen LogP contribution < -0.4 is 4.74 Å². The highest BCUT2D eigenvalue weighted by Crippen LogP contribution is 2.34. The Bertz CT molecular complexity index is 842. The van der Waals surface area contributed by atoms with Crippen molar-refractivity contribution < 1.29 is 23.8 Å². The molecule has 0 aromatic heterocycles. The van der Waals surface area contributed by atoms with Crippen LogP contribution in [0.2, 0.25) is 5.02 Å². The van der Waals surface area contributed by atoms with E-state index in [1.807, 2.05) is 0 Å². The SMILES string of the molecule is CC(Oc1ccccc1F)C(=O)N1C[C@@H](C(=O)O)[C@H](c2ccc(Cl)cc2)C1. The first-order chi connectivity index (χ1) is 12.9. The Kier molecular flexibility index (Phi) is 5.65. The second-order valence-electron chi connectivity index (χ2n) is 6.54. The van der Waals surface area contributed by atoms with Crippen LogP contribution >= 0.6 is 11.6 Å². The van der Waals surface area contributed by atoms with Gasteiger partial charge in [-0.2, -0.15) is 0 Å². The maximum atomic E-state index is 13.7. The number of hydrogen-bond acceptors (Lipinski definition) is 3. The Labute approximate surface area is 161 Å². The molecule has 1 fully saturated rings. The number of likely N-dealkylation sites (tertiary alicyclic amines) is 1. The third kappa shape index (κ3) is 4.22. The minimum absolute atomic E-state index is 0.0124. The standard InChI is InChI=1S/C20H19ClFNO4/c1-12(27-18-5-3-2-4-17(18)22)19(24)23-10-15(16(11-23)20(25)26)13-6-8-14(21)9-7-13/h2-9,12,15-16H,10-11H2,1H3,(H,25,26)/t12?,15-,16+/m0/s1. The average Bonchev–Trinajstić information content (AvgIpc) is 3.09. The summed E-state index contributed by atoms with van der Waals surface area (Å²) in [5.74, 6) is -2.98. The molecule has 1 N–H and O–H groups in total. The van der Waals surface area contributed by atoms with Crippen molar-refractivity contribution in [1.82, 2.24) is 4.90 Å². The molecule has 3 atom stereocenters. The van der Waals surface area contributed by atoms with Gasteiger partial charge in [0.15, 0.2) is 17.7 Å². The van der Waals surface area contributed by atoms with Crippen LogP contribution in [-0.2, 0) is 9.59 Å². The molecule has 0 bridgehead atoms.